The van der Waals surface area contributed by atoms with Gasteiger partial charge in [-0.1, -0.05) is 0 Å². The number of likely N-dealkylation sites (tertiary alicyclic amines) is 1. The summed E-state index contributed by atoms with van der Waals surface area (Å²) < 4.78 is 54.7. The molecule has 11 heteroatoms. The van der Waals surface area contributed by atoms with E-state index >= 15 is 0 Å². The van der Waals surface area contributed by atoms with Crippen molar-refractivity contribution in [3.8, 4) is 17.0 Å². The maximum Gasteiger partial charge on any atom is 0.419 e. The third-order valence-corrected chi connectivity index (χ3v) is 6.47. The number of amides is 1. The number of piperidine rings is 1. The average molecular weight is 539 g/mol. The predicted octanol–water partition coefficient (Wildman–Crippen LogP) is 6.72. The number of halogens is 4. The number of nitrogens with zero attached hydrogens (tertiary/aromatic N) is 4. The topological polar surface area (TPSA) is 69.5 Å². The van der Waals surface area contributed by atoms with Crippen molar-refractivity contribution in [3.63, 3.8) is 0 Å². The number of alkyl halides is 3. The minimum Gasteiger partial charge on any atom is -0.493 e. The fourth-order valence-corrected chi connectivity index (χ4v) is 4.59. The zero-order chi connectivity index (χ0) is 27.0. The second kappa shape index (κ2) is 10.4. The molecule has 1 aliphatic heterocycles. The van der Waals surface area contributed by atoms with Crippen LogP contribution in [-0.4, -0.2) is 50.8 Å². The number of carbonyl (C=O) groups excluding carboxylic acids is 1. The summed E-state index contributed by atoms with van der Waals surface area (Å²) in [5.74, 6) is 0.0220. The van der Waals surface area contributed by atoms with Gasteiger partial charge in [0.05, 0.1) is 17.9 Å². The number of aryl methyl sites for hydroxylation is 1. The molecule has 0 aliphatic carbocycles. The molecule has 1 fully saturated rings. The molecule has 1 saturated heterocycles. The molecule has 1 aromatic carbocycles. The maximum absolute atomic E-state index is 14.0. The lowest BCUT2D eigenvalue weighted by atomic mass is 9.94. The molecule has 0 radical (unpaired) electrons. The first-order chi connectivity index (χ1) is 17.3. The number of rotatable bonds is 5. The van der Waals surface area contributed by atoms with Crippen molar-refractivity contribution in [2.24, 2.45) is 13.0 Å². The van der Waals surface area contributed by atoms with E-state index in [9.17, 15) is 18.0 Å². The van der Waals surface area contributed by atoms with Crippen molar-refractivity contribution in [1.29, 1.82) is 0 Å². The van der Waals surface area contributed by atoms with Gasteiger partial charge in [0.15, 0.2) is 0 Å². The fourth-order valence-electron chi connectivity index (χ4n) is 4.42. The van der Waals surface area contributed by atoms with Crippen LogP contribution in [0, 0.1) is 5.92 Å². The smallest absolute Gasteiger partial charge is 0.419 e. The molecular weight excluding hydrogens is 509 g/mol. The van der Waals surface area contributed by atoms with Crippen molar-refractivity contribution in [2.45, 2.75) is 51.8 Å². The Labute approximate surface area is 218 Å². The Morgan fingerprint density at radius 1 is 1.14 bits per heavy atom. The molecule has 0 spiro atoms. The van der Waals surface area contributed by atoms with E-state index in [0.717, 1.165) is 18.9 Å². The van der Waals surface area contributed by atoms with E-state index in [2.05, 4.69) is 9.97 Å². The number of fused-ring (bicyclic) bond motifs is 1. The quantitative estimate of drug-likeness (QED) is 0.337. The van der Waals surface area contributed by atoms with Crippen LogP contribution in [0.15, 0.2) is 30.5 Å². The molecule has 7 nitrogen and oxygen atoms in total. The second-order valence-electron chi connectivity index (χ2n) is 10.3. The highest BCUT2D eigenvalue weighted by molar-refractivity contribution is 6.28. The van der Waals surface area contributed by atoms with Gasteiger partial charge in [-0.25, -0.2) is 9.78 Å². The van der Waals surface area contributed by atoms with E-state index in [4.69, 9.17) is 21.1 Å². The van der Waals surface area contributed by atoms with Crippen LogP contribution in [0.2, 0.25) is 5.28 Å². The van der Waals surface area contributed by atoms with Gasteiger partial charge < -0.3 is 18.9 Å². The third-order valence-electron chi connectivity index (χ3n) is 6.31. The fraction of sp³-hybridized carbons (Fsp3) is 0.500. The number of ether oxygens (including phenoxy) is 2. The van der Waals surface area contributed by atoms with Crippen molar-refractivity contribution >= 4 is 28.7 Å². The Bertz CT molecular complexity index is 1280. The maximum atomic E-state index is 14.0. The third kappa shape index (κ3) is 6.47. The zero-order valence-electron chi connectivity index (χ0n) is 21.2. The molecule has 0 atom stereocenters. The monoisotopic (exact) mass is 538 g/mol. The van der Waals surface area contributed by atoms with Gasteiger partial charge in [-0.2, -0.15) is 18.2 Å². The number of aromatic nitrogens is 3. The van der Waals surface area contributed by atoms with Gasteiger partial charge in [-0.15, -0.1) is 0 Å². The summed E-state index contributed by atoms with van der Waals surface area (Å²) in [6.45, 7) is 6.71. The van der Waals surface area contributed by atoms with Gasteiger partial charge in [-0.3, -0.25) is 0 Å². The average Bonchev–Trinajstić information content (AvgIpc) is 3.18. The van der Waals surface area contributed by atoms with Crippen LogP contribution >= 0.6 is 11.6 Å². The Kier molecular flexibility index (Phi) is 7.60. The van der Waals surface area contributed by atoms with Crippen LogP contribution in [0.1, 0.15) is 45.6 Å². The molecule has 200 valence electrons. The lowest BCUT2D eigenvalue weighted by molar-refractivity contribution is -0.138. The predicted molar refractivity (Wildman–Crippen MR) is 135 cm³/mol. The molecule has 1 aliphatic rings. The van der Waals surface area contributed by atoms with E-state index in [1.54, 1.807) is 34.8 Å². The van der Waals surface area contributed by atoms with Crippen LogP contribution in [0.4, 0.5) is 18.0 Å². The summed E-state index contributed by atoms with van der Waals surface area (Å²) in [4.78, 5) is 22.3. The Balaban J connectivity index is 1.43. The van der Waals surface area contributed by atoms with Gasteiger partial charge in [0, 0.05) is 37.3 Å². The van der Waals surface area contributed by atoms with Crippen LogP contribution < -0.4 is 4.74 Å². The first-order valence-electron chi connectivity index (χ1n) is 12.1. The van der Waals surface area contributed by atoms with Crippen LogP contribution in [0.25, 0.3) is 22.3 Å². The lowest BCUT2D eigenvalue weighted by Crippen LogP contribution is -2.41. The first kappa shape index (κ1) is 27.0. The molecule has 0 unspecified atom stereocenters. The molecule has 3 heterocycles. The Morgan fingerprint density at radius 3 is 2.49 bits per heavy atom. The summed E-state index contributed by atoms with van der Waals surface area (Å²) >= 11 is 6.05. The molecule has 4 rings (SSSR count). The summed E-state index contributed by atoms with van der Waals surface area (Å²) in [5.41, 5.74) is -0.301. The Hall–Kier alpha value is -3.01. The second-order valence-corrected chi connectivity index (χ2v) is 10.6. The molecule has 3 aromatic rings. The van der Waals surface area contributed by atoms with E-state index < -0.39 is 17.3 Å². The largest absolute Gasteiger partial charge is 0.493 e. The molecule has 0 bridgehead atoms. The molecular formula is C26H30ClF3N4O3. The van der Waals surface area contributed by atoms with Crippen molar-refractivity contribution in [3.05, 3.63) is 41.3 Å². The van der Waals surface area contributed by atoms with Gasteiger partial charge in [0.25, 0.3) is 0 Å². The summed E-state index contributed by atoms with van der Waals surface area (Å²) in [6.07, 6.45) is -1.12. The van der Waals surface area contributed by atoms with Gasteiger partial charge in [0.2, 0.25) is 5.28 Å². The van der Waals surface area contributed by atoms with Gasteiger partial charge >= 0.3 is 12.3 Å². The van der Waals surface area contributed by atoms with Crippen LogP contribution in [-0.2, 0) is 18.0 Å². The number of hydrogen-bond acceptors (Lipinski definition) is 5. The Morgan fingerprint density at radius 2 is 1.84 bits per heavy atom. The summed E-state index contributed by atoms with van der Waals surface area (Å²) in [7, 11) is 1.77. The molecule has 1 amide bonds. The first-order valence-corrected chi connectivity index (χ1v) is 12.5. The molecule has 37 heavy (non-hydrogen) atoms. The highest BCUT2D eigenvalue weighted by Gasteiger charge is 2.35. The van der Waals surface area contributed by atoms with Crippen molar-refractivity contribution in [1.82, 2.24) is 19.4 Å². The highest BCUT2D eigenvalue weighted by Crippen LogP contribution is 2.40. The molecule has 2 aromatic heterocycles. The molecule has 0 N–H and O–H groups in total. The minimum atomic E-state index is -4.61. The van der Waals surface area contributed by atoms with Gasteiger partial charge in [-0.05, 0) is 81.8 Å². The van der Waals surface area contributed by atoms with Crippen LogP contribution in [0.5, 0.6) is 5.75 Å². The van der Waals surface area contributed by atoms with E-state index in [1.807, 2.05) is 20.8 Å². The van der Waals surface area contributed by atoms with E-state index in [-0.39, 0.29) is 35.2 Å². The van der Waals surface area contributed by atoms with Gasteiger partial charge in [0.1, 0.15) is 17.0 Å². The minimum absolute atomic E-state index is 0.0455. The van der Waals surface area contributed by atoms with Crippen molar-refractivity contribution in [2.75, 3.05) is 19.7 Å². The summed E-state index contributed by atoms with van der Waals surface area (Å²) in [5, 5.41) is 0.558. The summed E-state index contributed by atoms with van der Waals surface area (Å²) in [6, 6.07) is 5.66. The standard InChI is InChI=1S/C26H30ClF3N4O3/c1-25(2,3)37-24(35)34-12-7-16(8-13-34)10-14-36-20-6-5-17(15-19(20)26(28,29)30)21-18-9-11-33(4)22(18)32-23(27)31-21/h5-6,9,11,15-16H,7-8,10,12-14H2,1-4H3. The molecule has 0 saturated carbocycles. The highest BCUT2D eigenvalue weighted by atomic mass is 35.5. The zero-order valence-corrected chi connectivity index (χ0v) is 22.0. The lowest BCUT2D eigenvalue weighted by Gasteiger charge is -2.33. The SMILES string of the molecule is Cn1ccc2c(-c3ccc(OCCC4CCN(C(=O)OC(C)(C)C)CC4)c(C(F)(F)F)c3)nc(Cl)nc21. The number of benzene rings is 1. The number of hydrogen-bond donors (Lipinski definition) is 0. The van der Waals surface area contributed by atoms with E-state index in [0.29, 0.717) is 36.2 Å². The van der Waals surface area contributed by atoms with E-state index in [1.165, 1.54) is 6.07 Å². The number of carbonyl (C=O) groups is 1. The normalized spacial score (nSPS) is 15.3. The van der Waals surface area contributed by atoms with Crippen molar-refractivity contribution < 1.29 is 27.4 Å². The van der Waals surface area contributed by atoms with Crippen LogP contribution in [0.3, 0.4) is 0 Å².